The third-order valence-corrected chi connectivity index (χ3v) is 8.02. The summed E-state index contributed by atoms with van der Waals surface area (Å²) in [5, 5.41) is 30.7. The Hall–Kier alpha value is -3.51. The Labute approximate surface area is 279 Å². The van der Waals surface area contributed by atoms with Gasteiger partial charge >= 0.3 is 6.09 Å². The van der Waals surface area contributed by atoms with Gasteiger partial charge in [0.1, 0.15) is 11.6 Å². The second kappa shape index (κ2) is 18.7. The van der Waals surface area contributed by atoms with Gasteiger partial charge in [0.25, 0.3) is 0 Å². The zero-order valence-electron chi connectivity index (χ0n) is 28.5. The Balaban J connectivity index is 1.73. The number of aliphatic hydroxyl groups excluding tert-OH is 2. The van der Waals surface area contributed by atoms with Gasteiger partial charge < -0.3 is 35.6 Å². The number of amides is 3. The van der Waals surface area contributed by atoms with Crippen molar-refractivity contribution in [1.29, 1.82) is 0 Å². The number of carbonyl (C=O) groups is 3. The van der Waals surface area contributed by atoms with Gasteiger partial charge in [0.05, 0.1) is 31.5 Å². The van der Waals surface area contributed by atoms with Crippen molar-refractivity contribution in [3.05, 3.63) is 71.8 Å². The maximum Gasteiger partial charge on any atom is 0.407 e. The lowest BCUT2D eigenvalue weighted by Crippen LogP contribution is -2.54. The Morgan fingerprint density at radius 3 is 2.00 bits per heavy atom. The SMILES string of the molecule is CC(C)[C@H](NC(=O)[C@@H](Cc1ccccc1)C[C@H](O)[C@H](Cc1ccccc1)NC(=O)OC(C)(C)C)C(=O)NCC(O)CN1CCOCC1. The maximum atomic E-state index is 13.9. The minimum Gasteiger partial charge on any atom is -0.444 e. The molecule has 3 rings (SSSR count). The second-order valence-corrected chi connectivity index (χ2v) is 13.7. The Morgan fingerprint density at radius 2 is 1.45 bits per heavy atom. The predicted molar refractivity (Wildman–Crippen MR) is 181 cm³/mol. The highest BCUT2D eigenvalue weighted by atomic mass is 16.6. The maximum absolute atomic E-state index is 13.9. The van der Waals surface area contributed by atoms with Crippen LogP contribution >= 0.6 is 0 Å². The van der Waals surface area contributed by atoms with Crippen LogP contribution in [0.25, 0.3) is 0 Å². The van der Waals surface area contributed by atoms with Crippen LogP contribution < -0.4 is 16.0 Å². The molecular formula is C36H54N4O7. The fourth-order valence-corrected chi connectivity index (χ4v) is 5.53. The number of benzene rings is 2. The van der Waals surface area contributed by atoms with Gasteiger partial charge in [0.15, 0.2) is 0 Å². The summed E-state index contributed by atoms with van der Waals surface area (Å²) in [5.74, 6) is -1.72. The average Bonchev–Trinajstić information content (AvgIpc) is 3.02. The van der Waals surface area contributed by atoms with Crippen molar-refractivity contribution in [1.82, 2.24) is 20.9 Å². The van der Waals surface area contributed by atoms with E-state index < -0.39 is 41.9 Å². The smallest absolute Gasteiger partial charge is 0.407 e. The summed E-state index contributed by atoms with van der Waals surface area (Å²) in [7, 11) is 0. The first-order valence-electron chi connectivity index (χ1n) is 16.6. The molecule has 2 aromatic rings. The summed E-state index contributed by atoms with van der Waals surface area (Å²) in [4.78, 5) is 42.1. The number of aliphatic hydroxyl groups is 2. The molecule has 3 amide bonds. The highest BCUT2D eigenvalue weighted by Gasteiger charge is 2.33. The van der Waals surface area contributed by atoms with Crippen molar-refractivity contribution in [3.8, 4) is 0 Å². The van der Waals surface area contributed by atoms with E-state index in [4.69, 9.17) is 9.47 Å². The molecule has 11 nitrogen and oxygen atoms in total. The average molecular weight is 655 g/mol. The number of β-amino-alcohol motifs (C(OH)–C–C–N with tert-alkyl or cyclic N) is 1. The highest BCUT2D eigenvalue weighted by molar-refractivity contribution is 5.88. The zero-order chi connectivity index (χ0) is 34.4. The van der Waals surface area contributed by atoms with E-state index in [-0.39, 0.29) is 30.7 Å². The molecule has 0 aromatic heterocycles. The lowest BCUT2D eigenvalue weighted by Gasteiger charge is -2.30. The van der Waals surface area contributed by atoms with Crippen LogP contribution in [0.1, 0.15) is 52.2 Å². The topological polar surface area (TPSA) is 149 Å². The Kier molecular flexibility index (Phi) is 15.1. The van der Waals surface area contributed by atoms with Crippen LogP contribution in [0.5, 0.6) is 0 Å². The molecule has 0 spiro atoms. The molecule has 260 valence electrons. The standard InChI is InChI=1S/C36H54N4O7/c1-25(2)32(34(44)37-23-29(41)24-40-16-18-46-19-17-40)39-33(43)28(20-26-12-8-6-9-13-26)22-31(42)30(21-27-14-10-7-11-15-27)38-35(45)47-36(3,4)5/h6-15,25,28-32,41-42H,16-24H2,1-5H3,(H,37,44)(H,38,45)(H,39,43)/t28-,29?,30-,31-,32-/m0/s1. The van der Waals surface area contributed by atoms with Gasteiger partial charge in [-0.2, -0.15) is 0 Å². The molecule has 5 atom stereocenters. The fraction of sp³-hybridized carbons (Fsp3) is 0.583. The van der Waals surface area contributed by atoms with E-state index in [2.05, 4.69) is 20.9 Å². The third kappa shape index (κ3) is 14.0. The minimum absolute atomic E-state index is 0.0265. The summed E-state index contributed by atoms with van der Waals surface area (Å²) < 4.78 is 10.8. The number of nitrogens with zero attached hydrogens (tertiary/aromatic N) is 1. The number of hydrogen-bond donors (Lipinski definition) is 5. The van der Waals surface area contributed by atoms with Crippen LogP contribution in [0.15, 0.2) is 60.7 Å². The first-order chi connectivity index (χ1) is 22.3. The van der Waals surface area contributed by atoms with E-state index in [1.54, 1.807) is 20.8 Å². The van der Waals surface area contributed by atoms with Crippen molar-refractivity contribution < 1.29 is 34.1 Å². The normalized spacial score (nSPS) is 17.2. The highest BCUT2D eigenvalue weighted by Crippen LogP contribution is 2.20. The summed E-state index contributed by atoms with van der Waals surface area (Å²) in [6, 6.07) is 17.4. The van der Waals surface area contributed by atoms with Gasteiger partial charge in [-0.1, -0.05) is 74.5 Å². The van der Waals surface area contributed by atoms with Crippen LogP contribution in [0.2, 0.25) is 0 Å². The first kappa shape index (κ1) is 37.9. The molecule has 1 saturated heterocycles. The Morgan fingerprint density at radius 1 is 0.872 bits per heavy atom. The van der Waals surface area contributed by atoms with Gasteiger partial charge in [-0.3, -0.25) is 14.5 Å². The number of hydrogen-bond acceptors (Lipinski definition) is 8. The molecule has 1 fully saturated rings. The monoisotopic (exact) mass is 654 g/mol. The molecule has 47 heavy (non-hydrogen) atoms. The summed E-state index contributed by atoms with van der Waals surface area (Å²) in [6.45, 7) is 12.1. The van der Waals surface area contributed by atoms with Gasteiger partial charge in [-0.05, 0) is 57.1 Å². The lowest BCUT2D eigenvalue weighted by molar-refractivity contribution is -0.133. The number of nitrogens with one attached hydrogen (secondary N) is 3. The molecule has 0 bridgehead atoms. The van der Waals surface area contributed by atoms with Crippen LogP contribution in [0.4, 0.5) is 4.79 Å². The largest absolute Gasteiger partial charge is 0.444 e. The van der Waals surface area contributed by atoms with Gasteiger partial charge in [-0.15, -0.1) is 0 Å². The lowest BCUT2D eigenvalue weighted by atomic mass is 9.88. The number of morpholine rings is 1. The number of carbonyl (C=O) groups excluding carboxylic acids is 3. The van der Waals surface area contributed by atoms with Crippen LogP contribution in [-0.4, -0.2) is 102 Å². The predicted octanol–water partition coefficient (Wildman–Crippen LogP) is 2.68. The molecule has 11 heteroatoms. The summed E-state index contributed by atoms with van der Waals surface area (Å²) in [6.07, 6.45) is -1.86. The fourth-order valence-electron chi connectivity index (χ4n) is 5.53. The van der Waals surface area contributed by atoms with Gasteiger partial charge in [-0.25, -0.2) is 4.79 Å². The van der Waals surface area contributed by atoms with Crippen LogP contribution in [0.3, 0.4) is 0 Å². The van der Waals surface area contributed by atoms with E-state index in [0.717, 1.165) is 24.2 Å². The molecule has 2 aromatic carbocycles. The molecule has 1 aliphatic heterocycles. The van der Waals surface area contributed by atoms with E-state index in [9.17, 15) is 24.6 Å². The van der Waals surface area contributed by atoms with Crippen LogP contribution in [-0.2, 0) is 31.9 Å². The van der Waals surface area contributed by atoms with Crippen molar-refractivity contribution in [3.63, 3.8) is 0 Å². The molecule has 1 heterocycles. The third-order valence-electron chi connectivity index (χ3n) is 8.02. The second-order valence-electron chi connectivity index (χ2n) is 13.7. The minimum atomic E-state index is -1.11. The molecule has 1 unspecified atom stereocenters. The van der Waals surface area contributed by atoms with E-state index in [1.165, 1.54) is 0 Å². The molecule has 1 aliphatic rings. The van der Waals surface area contributed by atoms with E-state index in [0.29, 0.717) is 32.6 Å². The quantitative estimate of drug-likeness (QED) is 0.186. The van der Waals surface area contributed by atoms with Crippen molar-refractivity contribution >= 4 is 17.9 Å². The summed E-state index contributed by atoms with van der Waals surface area (Å²) >= 11 is 0. The van der Waals surface area contributed by atoms with Crippen molar-refractivity contribution in [2.24, 2.45) is 11.8 Å². The number of alkyl carbamates (subject to hydrolysis) is 1. The number of ether oxygens (including phenoxy) is 2. The summed E-state index contributed by atoms with van der Waals surface area (Å²) in [5.41, 5.74) is 1.08. The van der Waals surface area contributed by atoms with Gasteiger partial charge in [0.2, 0.25) is 11.8 Å². The van der Waals surface area contributed by atoms with E-state index in [1.807, 2.05) is 74.5 Å². The molecule has 0 aliphatic carbocycles. The molecule has 0 radical (unpaired) electrons. The van der Waals surface area contributed by atoms with Crippen LogP contribution in [0, 0.1) is 11.8 Å². The Bertz CT molecular complexity index is 1230. The van der Waals surface area contributed by atoms with Crippen molar-refractivity contribution in [2.75, 3.05) is 39.4 Å². The first-order valence-corrected chi connectivity index (χ1v) is 16.6. The molecule has 0 saturated carbocycles. The molecular weight excluding hydrogens is 600 g/mol. The van der Waals surface area contributed by atoms with Gasteiger partial charge in [0, 0.05) is 32.1 Å². The number of rotatable bonds is 16. The molecule has 5 N–H and O–H groups in total. The zero-order valence-corrected chi connectivity index (χ0v) is 28.5. The van der Waals surface area contributed by atoms with E-state index >= 15 is 0 Å². The van der Waals surface area contributed by atoms with Crippen molar-refractivity contribution in [2.45, 2.75) is 83.8 Å².